The first-order valence-corrected chi connectivity index (χ1v) is 17.7. The van der Waals surface area contributed by atoms with Crippen LogP contribution in [0.5, 0.6) is 0 Å². The number of carbonyl (C=O) groups is 2. The second kappa shape index (κ2) is 29.4. The van der Waals surface area contributed by atoms with Crippen LogP contribution in [0.4, 0.5) is 0 Å². The van der Waals surface area contributed by atoms with E-state index in [4.69, 9.17) is 4.74 Å². The zero-order valence-electron chi connectivity index (χ0n) is 32.3. The van der Waals surface area contributed by atoms with Gasteiger partial charge in [-0.1, -0.05) is 122 Å². The van der Waals surface area contributed by atoms with E-state index in [2.05, 4.69) is 63.9 Å². The van der Waals surface area contributed by atoms with E-state index in [0.717, 1.165) is 47.1 Å². The van der Waals surface area contributed by atoms with Crippen LogP contribution in [0.2, 0.25) is 0 Å². The second-order valence-electron chi connectivity index (χ2n) is 12.2. The second-order valence-corrected chi connectivity index (χ2v) is 12.2. The summed E-state index contributed by atoms with van der Waals surface area (Å²) in [5.41, 5.74) is 3.78. The van der Waals surface area contributed by atoms with Gasteiger partial charge in [0.05, 0.1) is 6.61 Å². The molecule has 0 saturated carbocycles. The highest BCUT2D eigenvalue weighted by Gasteiger charge is 2.17. The molecule has 0 radical (unpaired) electrons. The molecular formula is C43H66N2O3. The molecule has 0 spiro atoms. The summed E-state index contributed by atoms with van der Waals surface area (Å²) in [6.07, 6.45) is 14.2. The van der Waals surface area contributed by atoms with Crippen molar-refractivity contribution in [3.05, 3.63) is 76.9 Å². The molecule has 0 N–H and O–H groups in total. The molecule has 5 heteroatoms. The molecule has 0 amide bonds. The molecule has 2 rings (SSSR count). The summed E-state index contributed by atoms with van der Waals surface area (Å²) in [7, 11) is 3.42. The lowest BCUT2D eigenvalue weighted by Gasteiger charge is -2.23. The van der Waals surface area contributed by atoms with Crippen molar-refractivity contribution in [2.24, 2.45) is 27.7 Å². The standard InChI is InChI=1S/C24H38O2.C12H16O.C4H8N2.C3H4/c1-7-18(4)19(5)15-16-21(8-2)17-26-24(20(6)23(25)9-3)22-13-11-10-12-14-22;1-4-9(2)11-7-5-6-8-12(11)10(3)13;1-5-3-4-6-2;1-3-2/h10-14,18-19,21H,7-9,15-17H2,1-6H3;5-9H,4H2,1-3H3;3-4H,1-2H3;1H,2H3/b24-20+;;;/t18?,19-,21?;;;/m1.../s1. The summed E-state index contributed by atoms with van der Waals surface area (Å²) in [6.45, 7) is 21.3. The first kappa shape index (κ1) is 46.3. The Bertz CT molecular complexity index is 1260. The van der Waals surface area contributed by atoms with E-state index in [1.54, 1.807) is 40.4 Å². The predicted octanol–water partition coefficient (Wildman–Crippen LogP) is 11.3. The number of nitrogens with zero attached hydrogens (tertiary/aromatic N) is 2. The lowest BCUT2D eigenvalue weighted by molar-refractivity contribution is -0.115. The van der Waals surface area contributed by atoms with Crippen molar-refractivity contribution in [2.75, 3.05) is 20.7 Å². The molecule has 3 unspecified atom stereocenters. The lowest BCUT2D eigenvalue weighted by atomic mass is 9.86. The molecular weight excluding hydrogens is 592 g/mol. The average Bonchev–Trinajstić information content (AvgIpc) is 3.11. The molecule has 0 saturated heterocycles. The smallest absolute Gasteiger partial charge is 0.162 e. The highest BCUT2D eigenvalue weighted by Crippen LogP contribution is 2.27. The van der Waals surface area contributed by atoms with Gasteiger partial charge in [0.2, 0.25) is 0 Å². The zero-order chi connectivity index (χ0) is 36.9. The monoisotopic (exact) mass is 659 g/mol. The number of ketones is 2. The van der Waals surface area contributed by atoms with Gasteiger partial charge >= 0.3 is 0 Å². The number of ether oxygens (including phenoxy) is 1. The summed E-state index contributed by atoms with van der Waals surface area (Å²) in [6, 6.07) is 17.9. The van der Waals surface area contributed by atoms with E-state index >= 15 is 0 Å². The SMILES string of the molecule is C#CC.CCC(=O)/C(C)=C(/OCC(CC)CC[C@@H](C)C(C)CC)c1ccccc1.CCC(C)c1ccccc1C(C)=O.CN=CC=NC. The number of Topliss-reactive ketones (excluding diaryl/α,β-unsaturated/α-hetero) is 2. The third-order valence-electron chi connectivity index (χ3n) is 8.65. The van der Waals surface area contributed by atoms with Gasteiger partial charge in [-0.2, -0.15) is 0 Å². The first-order valence-electron chi connectivity index (χ1n) is 17.7. The van der Waals surface area contributed by atoms with Crippen LogP contribution in [0.1, 0.15) is 135 Å². The molecule has 5 nitrogen and oxygen atoms in total. The van der Waals surface area contributed by atoms with Crippen LogP contribution in [0, 0.1) is 30.1 Å². The van der Waals surface area contributed by atoms with Gasteiger partial charge in [-0.05, 0) is 62.8 Å². The normalized spacial score (nSPS) is 13.6. The highest BCUT2D eigenvalue weighted by atomic mass is 16.5. The van der Waals surface area contributed by atoms with Crippen molar-refractivity contribution in [1.82, 2.24) is 0 Å². The van der Waals surface area contributed by atoms with Crippen molar-refractivity contribution in [1.29, 1.82) is 0 Å². The zero-order valence-corrected chi connectivity index (χ0v) is 32.3. The van der Waals surface area contributed by atoms with Gasteiger partial charge in [0, 0.05) is 49.6 Å². The molecule has 0 aliphatic rings. The van der Waals surface area contributed by atoms with Crippen molar-refractivity contribution < 1.29 is 14.3 Å². The van der Waals surface area contributed by atoms with Crippen LogP contribution in [0.3, 0.4) is 0 Å². The number of carbonyl (C=O) groups excluding carboxylic acids is 2. The van der Waals surface area contributed by atoms with Gasteiger partial charge in [0.25, 0.3) is 0 Å². The molecule has 2 aromatic rings. The largest absolute Gasteiger partial charge is 0.492 e. The van der Waals surface area contributed by atoms with Gasteiger partial charge in [0.1, 0.15) is 5.76 Å². The average molecular weight is 659 g/mol. The lowest BCUT2D eigenvalue weighted by Crippen LogP contribution is -2.14. The fraction of sp³-hybridized carbons (Fsp3) is 0.535. The predicted molar refractivity (Wildman–Crippen MR) is 210 cm³/mol. The number of benzene rings is 2. The molecule has 2 aromatic carbocycles. The molecule has 4 atom stereocenters. The number of aliphatic imine (C=N–C) groups is 2. The minimum atomic E-state index is 0.155. The third-order valence-corrected chi connectivity index (χ3v) is 8.65. The molecule has 266 valence electrons. The van der Waals surface area contributed by atoms with Gasteiger partial charge < -0.3 is 4.74 Å². The summed E-state index contributed by atoms with van der Waals surface area (Å²) in [4.78, 5) is 30.8. The number of hydrogen-bond acceptors (Lipinski definition) is 5. The number of rotatable bonds is 16. The quantitative estimate of drug-likeness (QED) is 0.0592. The molecule has 0 bridgehead atoms. The van der Waals surface area contributed by atoms with E-state index in [1.165, 1.54) is 24.8 Å². The number of allylic oxidation sites excluding steroid dienone is 1. The topological polar surface area (TPSA) is 68.1 Å². The van der Waals surface area contributed by atoms with Crippen LogP contribution >= 0.6 is 0 Å². The van der Waals surface area contributed by atoms with E-state index < -0.39 is 0 Å². The number of hydrogen-bond donors (Lipinski definition) is 0. The Morgan fingerprint density at radius 2 is 1.35 bits per heavy atom. The number of terminal acetylenes is 1. The van der Waals surface area contributed by atoms with Crippen LogP contribution < -0.4 is 0 Å². The maximum Gasteiger partial charge on any atom is 0.162 e. The van der Waals surface area contributed by atoms with Crippen LogP contribution in [0.25, 0.3) is 5.76 Å². The Labute approximate surface area is 294 Å². The third kappa shape index (κ3) is 19.8. The fourth-order valence-electron chi connectivity index (χ4n) is 4.78. The Kier molecular flexibility index (Phi) is 28.3. The maximum atomic E-state index is 12.2. The minimum absolute atomic E-state index is 0.155. The van der Waals surface area contributed by atoms with Crippen molar-refractivity contribution in [3.8, 4) is 12.3 Å². The maximum absolute atomic E-state index is 12.2. The van der Waals surface area contributed by atoms with Crippen molar-refractivity contribution in [3.63, 3.8) is 0 Å². The molecule has 0 fully saturated rings. The fourth-order valence-corrected chi connectivity index (χ4v) is 4.78. The van der Waals surface area contributed by atoms with E-state index in [1.807, 2.05) is 68.4 Å². The Morgan fingerprint density at radius 3 is 1.81 bits per heavy atom. The van der Waals surface area contributed by atoms with Crippen molar-refractivity contribution in [2.45, 2.75) is 114 Å². The Morgan fingerprint density at radius 1 is 0.812 bits per heavy atom. The Hall–Kier alpha value is -3.78. The molecule has 0 aromatic heterocycles. The highest BCUT2D eigenvalue weighted by molar-refractivity contribution is 6.15. The molecule has 0 aliphatic heterocycles. The van der Waals surface area contributed by atoms with Gasteiger partial charge in [0.15, 0.2) is 11.6 Å². The van der Waals surface area contributed by atoms with Crippen molar-refractivity contribution >= 4 is 29.8 Å². The van der Waals surface area contributed by atoms with Crippen LogP contribution in [0.15, 0.2) is 70.2 Å². The first-order chi connectivity index (χ1) is 22.9. The summed E-state index contributed by atoms with van der Waals surface area (Å²) in [5.74, 6) is 5.85. The van der Waals surface area contributed by atoms with Gasteiger partial charge in [-0.25, -0.2) is 0 Å². The Balaban J connectivity index is 0. The molecule has 0 aliphatic carbocycles. The van der Waals surface area contributed by atoms with Crippen LogP contribution in [-0.4, -0.2) is 44.7 Å². The summed E-state index contributed by atoms with van der Waals surface area (Å²) < 4.78 is 6.24. The molecule has 0 heterocycles. The van der Waals surface area contributed by atoms with Gasteiger partial charge in [-0.15, -0.1) is 12.3 Å². The van der Waals surface area contributed by atoms with E-state index in [-0.39, 0.29) is 11.6 Å². The summed E-state index contributed by atoms with van der Waals surface area (Å²) >= 11 is 0. The minimum Gasteiger partial charge on any atom is -0.492 e. The molecule has 48 heavy (non-hydrogen) atoms. The van der Waals surface area contributed by atoms with E-state index in [0.29, 0.717) is 24.9 Å². The van der Waals surface area contributed by atoms with Crippen LogP contribution in [-0.2, 0) is 9.53 Å². The van der Waals surface area contributed by atoms with Gasteiger partial charge in [-0.3, -0.25) is 19.6 Å². The summed E-state index contributed by atoms with van der Waals surface area (Å²) in [5, 5.41) is 0. The van der Waals surface area contributed by atoms with E-state index in [9.17, 15) is 9.59 Å².